The Labute approximate surface area is 122 Å². The first-order valence-electron chi connectivity index (χ1n) is 7.56. The SMILES string of the molecule is CC1CN(C)CCCN1CCCOc1ccccc1N. The molecule has 20 heavy (non-hydrogen) atoms. The summed E-state index contributed by atoms with van der Waals surface area (Å²) in [4.78, 5) is 4.99. The lowest BCUT2D eigenvalue weighted by Gasteiger charge is -2.27. The van der Waals surface area contributed by atoms with E-state index in [0.717, 1.165) is 37.6 Å². The molecule has 1 aromatic carbocycles. The molecule has 1 atom stereocenters. The highest BCUT2D eigenvalue weighted by atomic mass is 16.5. The maximum Gasteiger partial charge on any atom is 0.142 e. The number of rotatable bonds is 5. The molecule has 1 aliphatic heterocycles. The van der Waals surface area contributed by atoms with Crippen LogP contribution in [0.15, 0.2) is 24.3 Å². The second-order valence-corrected chi connectivity index (χ2v) is 5.74. The zero-order chi connectivity index (χ0) is 14.4. The maximum absolute atomic E-state index is 5.86. The molecule has 0 amide bonds. The minimum Gasteiger partial charge on any atom is -0.491 e. The van der Waals surface area contributed by atoms with E-state index in [1.807, 2.05) is 24.3 Å². The number of anilines is 1. The minimum atomic E-state index is 0.629. The molecule has 2 N–H and O–H groups in total. The summed E-state index contributed by atoms with van der Waals surface area (Å²) < 4.78 is 5.75. The molecule has 4 heteroatoms. The summed E-state index contributed by atoms with van der Waals surface area (Å²) in [5, 5.41) is 0. The molecule has 0 bridgehead atoms. The predicted octanol–water partition coefficient (Wildman–Crippen LogP) is 2.06. The van der Waals surface area contributed by atoms with E-state index in [2.05, 4.69) is 23.8 Å². The number of para-hydroxylation sites is 2. The third-order valence-electron chi connectivity index (χ3n) is 3.95. The third-order valence-corrected chi connectivity index (χ3v) is 3.95. The lowest BCUT2D eigenvalue weighted by molar-refractivity contribution is 0.185. The fourth-order valence-corrected chi connectivity index (χ4v) is 2.82. The Morgan fingerprint density at radius 2 is 2.10 bits per heavy atom. The van der Waals surface area contributed by atoms with Crippen molar-refractivity contribution in [2.45, 2.75) is 25.8 Å². The van der Waals surface area contributed by atoms with Gasteiger partial charge in [0, 0.05) is 19.1 Å². The predicted molar refractivity (Wildman–Crippen MR) is 84.1 cm³/mol. The van der Waals surface area contributed by atoms with E-state index in [0.29, 0.717) is 6.04 Å². The first-order valence-corrected chi connectivity index (χ1v) is 7.56. The maximum atomic E-state index is 5.86. The van der Waals surface area contributed by atoms with Crippen molar-refractivity contribution in [3.63, 3.8) is 0 Å². The Hall–Kier alpha value is -1.26. The molecule has 4 nitrogen and oxygen atoms in total. The van der Waals surface area contributed by atoms with Crippen LogP contribution in [0.5, 0.6) is 5.75 Å². The highest BCUT2D eigenvalue weighted by molar-refractivity contribution is 5.51. The van der Waals surface area contributed by atoms with Crippen molar-refractivity contribution in [1.29, 1.82) is 0 Å². The van der Waals surface area contributed by atoms with Gasteiger partial charge in [0.05, 0.1) is 12.3 Å². The summed E-state index contributed by atoms with van der Waals surface area (Å²) in [6, 6.07) is 8.32. The van der Waals surface area contributed by atoms with Gasteiger partial charge in [-0.3, -0.25) is 4.90 Å². The molecule has 1 heterocycles. The van der Waals surface area contributed by atoms with Gasteiger partial charge in [-0.25, -0.2) is 0 Å². The summed E-state index contributed by atoms with van der Waals surface area (Å²) in [7, 11) is 2.21. The molecule has 1 unspecified atom stereocenters. The van der Waals surface area contributed by atoms with Gasteiger partial charge in [-0.15, -0.1) is 0 Å². The number of nitrogen functional groups attached to an aromatic ring is 1. The number of hydrogen-bond acceptors (Lipinski definition) is 4. The van der Waals surface area contributed by atoms with Crippen molar-refractivity contribution >= 4 is 5.69 Å². The molecule has 1 aromatic rings. The van der Waals surface area contributed by atoms with Crippen LogP contribution in [-0.2, 0) is 0 Å². The van der Waals surface area contributed by atoms with Crippen molar-refractivity contribution < 1.29 is 4.74 Å². The zero-order valence-electron chi connectivity index (χ0n) is 12.7. The van der Waals surface area contributed by atoms with Crippen LogP contribution in [0.3, 0.4) is 0 Å². The number of benzene rings is 1. The van der Waals surface area contributed by atoms with Crippen LogP contribution in [0, 0.1) is 0 Å². The van der Waals surface area contributed by atoms with Crippen molar-refractivity contribution in [2.75, 3.05) is 45.6 Å². The smallest absolute Gasteiger partial charge is 0.142 e. The van der Waals surface area contributed by atoms with Gasteiger partial charge in [0.15, 0.2) is 0 Å². The van der Waals surface area contributed by atoms with E-state index in [-0.39, 0.29) is 0 Å². The third kappa shape index (κ3) is 4.39. The fourth-order valence-electron chi connectivity index (χ4n) is 2.82. The van der Waals surface area contributed by atoms with Crippen molar-refractivity contribution in [1.82, 2.24) is 9.80 Å². The zero-order valence-corrected chi connectivity index (χ0v) is 12.7. The van der Waals surface area contributed by atoms with Gasteiger partial charge in [0.25, 0.3) is 0 Å². The summed E-state index contributed by atoms with van der Waals surface area (Å²) in [5.41, 5.74) is 6.58. The molecule has 0 saturated carbocycles. The fraction of sp³-hybridized carbons (Fsp3) is 0.625. The molecule has 0 aromatic heterocycles. The van der Waals surface area contributed by atoms with Gasteiger partial charge in [0.1, 0.15) is 5.75 Å². The number of hydrogen-bond donors (Lipinski definition) is 1. The van der Waals surface area contributed by atoms with E-state index < -0.39 is 0 Å². The van der Waals surface area contributed by atoms with Crippen molar-refractivity contribution in [3.05, 3.63) is 24.3 Å². The topological polar surface area (TPSA) is 41.7 Å². The summed E-state index contributed by atoms with van der Waals surface area (Å²) in [6.45, 7) is 7.70. The van der Waals surface area contributed by atoms with Crippen LogP contribution < -0.4 is 10.5 Å². The van der Waals surface area contributed by atoms with Gasteiger partial charge >= 0.3 is 0 Å². The van der Waals surface area contributed by atoms with Crippen LogP contribution in [-0.4, -0.2) is 55.7 Å². The quantitative estimate of drug-likeness (QED) is 0.661. The first kappa shape index (κ1) is 15.1. The lowest BCUT2D eigenvalue weighted by Crippen LogP contribution is -2.38. The first-order chi connectivity index (χ1) is 9.66. The number of nitrogens with zero attached hydrogens (tertiary/aromatic N) is 2. The van der Waals surface area contributed by atoms with E-state index in [1.54, 1.807) is 0 Å². The van der Waals surface area contributed by atoms with Crippen LogP contribution in [0.4, 0.5) is 5.69 Å². The Balaban J connectivity index is 1.71. The Bertz CT molecular complexity index is 410. The van der Waals surface area contributed by atoms with E-state index in [9.17, 15) is 0 Å². The normalized spacial score (nSPS) is 21.6. The van der Waals surface area contributed by atoms with Gasteiger partial charge in [-0.2, -0.15) is 0 Å². The van der Waals surface area contributed by atoms with Gasteiger partial charge < -0.3 is 15.4 Å². The number of nitrogens with two attached hydrogens (primary N) is 1. The molecule has 1 saturated heterocycles. The minimum absolute atomic E-state index is 0.629. The van der Waals surface area contributed by atoms with Crippen molar-refractivity contribution in [2.24, 2.45) is 0 Å². The van der Waals surface area contributed by atoms with E-state index in [4.69, 9.17) is 10.5 Å². The molecule has 1 aliphatic rings. The molecular weight excluding hydrogens is 250 g/mol. The Morgan fingerprint density at radius 1 is 1.30 bits per heavy atom. The molecule has 1 fully saturated rings. The van der Waals surface area contributed by atoms with Crippen LogP contribution in [0.1, 0.15) is 19.8 Å². The van der Waals surface area contributed by atoms with Crippen LogP contribution in [0.2, 0.25) is 0 Å². The van der Waals surface area contributed by atoms with Crippen LogP contribution in [0.25, 0.3) is 0 Å². The summed E-state index contributed by atoms with van der Waals surface area (Å²) in [6.07, 6.45) is 2.30. The second-order valence-electron chi connectivity index (χ2n) is 5.74. The van der Waals surface area contributed by atoms with Crippen molar-refractivity contribution in [3.8, 4) is 5.75 Å². The molecule has 112 valence electrons. The standard InChI is InChI=1S/C16H27N3O/c1-14-13-18(2)9-5-10-19(14)11-6-12-20-16-8-4-3-7-15(16)17/h3-4,7-8,14H,5-6,9-13,17H2,1-2H3. The largest absolute Gasteiger partial charge is 0.491 e. The molecule has 0 radical (unpaired) electrons. The van der Waals surface area contributed by atoms with Gasteiger partial charge in [-0.05, 0) is 52.0 Å². The number of ether oxygens (including phenoxy) is 1. The molecule has 2 rings (SSSR count). The number of likely N-dealkylation sites (N-methyl/N-ethyl adjacent to an activating group) is 1. The summed E-state index contributed by atoms with van der Waals surface area (Å²) >= 11 is 0. The van der Waals surface area contributed by atoms with E-state index >= 15 is 0 Å². The molecular formula is C16H27N3O. The van der Waals surface area contributed by atoms with Gasteiger partial charge in [-0.1, -0.05) is 12.1 Å². The van der Waals surface area contributed by atoms with E-state index in [1.165, 1.54) is 19.5 Å². The molecule has 0 aliphatic carbocycles. The average Bonchev–Trinajstić information content (AvgIpc) is 2.58. The lowest BCUT2D eigenvalue weighted by atomic mass is 10.2. The average molecular weight is 277 g/mol. The highest BCUT2D eigenvalue weighted by Gasteiger charge is 2.18. The monoisotopic (exact) mass is 277 g/mol. The highest BCUT2D eigenvalue weighted by Crippen LogP contribution is 2.19. The Kier molecular flexibility index (Phi) is 5.68. The summed E-state index contributed by atoms with van der Waals surface area (Å²) in [5.74, 6) is 0.802. The Morgan fingerprint density at radius 3 is 2.90 bits per heavy atom. The van der Waals surface area contributed by atoms with Gasteiger partial charge in [0.2, 0.25) is 0 Å². The second kappa shape index (κ2) is 7.50. The van der Waals surface area contributed by atoms with Crippen LogP contribution >= 0.6 is 0 Å². The molecule has 0 spiro atoms.